The smallest absolute Gasteiger partial charge is 0.254 e. The van der Waals surface area contributed by atoms with E-state index in [-0.39, 0.29) is 5.91 Å². The molecule has 1 aliphatic heterocycles. The number of benzene rings is 4. The van der Waals surface area contributed by atoms with Crippen molar-refractivity contribution in [3.05, 3.63) is 144 Å². The minimum Gasteiger partial charge on any atom is -0.481 e. The number of hydrogen-bond donors (Lipinski definition) is 0. The van der Waals surface area contributed by atoms with Gasteiger partial charge < -0.3 is 19.3 Å². The number of methoxy groups -OCH3 is 1. The Morgan fingerprint density at radius 3 is 2.09 bits per heavy atom. The third-order valence-electron chi connectivity index (χ3n) is 8.94. The maximum atomic E-state index is 14.1. The number of aryl methyl sites for hydroxylation is 1. The van der Waals surface area contributed by atoms with E-state index in [1.165, 1.54) is 12.0 Å². The molecule has 47 heavy (non-hydrogen) atoms. The van der Waals surface area contributed by atoms with Gasteiger partial charge in [0.15, 0.2) is 0 Å². The fraction of sp³-hybridized carbons (Fsp3) is 0.268. The van der Waals surface area contributed by atoms with Gasteiger partial charge in [-0.2, -0.15) is 0 Å². The van der Waals surface area contributed by atoms with Crippen molar-refractivity contribution in [3.63, 3.8) is 0 Å². The highest BCUT2D eigenvalue weighted by molar-refractivity contribution is 5.94. The quantitative estimate of drug-likeness (QED) is 0.131. The summed E-state index contributed by atoms with van der Waals surface area (Å²) in [7, 11) is 1.61. The number of pyridine rings is 1. The van der Waals surface area contributed by atoms with Gasteiger partial charge in [-0.15, -0.1) is 0 Å². The summed E-state index contributed by atoms with van der Waals surface area (Å²) in [5.74, 6) is 2.68. The van der Waals surface area contributed by atoms with Gasteiger partial charge in [-0.05, 0) is 110 Å². The van der Waals surface area contributed by atoms with Gasteiger partial charge in [0, 0.05) is 36.5 Å². The van der Waals surface area contributed by atoms with Crippen molar-refractivity contribution in [3.8, 4) is 28.5 Å². The van der Waals surface area contributed by atoms with Crippen molar-refractivity contribution in [2.24, 2.45) is 5.92 Å². The number of rotatable bonds is 13. The predicted molar refractivity (Wildman–Crippen MR) is 188 cm³/mol. The number of carbonyl (C=O) groups excluding carboxylic acids is 1. The van der Waals surface area contributed by atoms with Crippen LogP contribution in [0.25, 0.3) is 11.1 Å². The van der Waals surface area contributed by atoms with Crippen molar-refractivity contribution < 1.29 is 14.3 Å². The van der Waals surface area contributed by atoms with Crippen LogP contribution >= 0.6 is 0 Å². The average molecular weight is 626 g/mol. The van der Waals surface area contributed by atoms with E-state index in [1.807, 2.05) is 83.8 Å². The fourth-order valence-electron chi connectivity index (χ4n) is 6.24. The molecule has 1 aliphatic rings. The van der Waals surface area contributed by atoms with Gasteiger partial charge in [0.1, 0.15) is 11.5 Å². The molecule has 1 fully saturated rings. The molecular formula is C41H43N3O3. The summed E-state index contributed by atoms with van der Waals surface area (Å²) in [6.45, 7) is 4.57. The number of amides is 1. The van der Waals surface area contributed by atoms with E-state index in [0.29, 0.717) is 23.9 Å². The van der Waals surface area contributed by atoms with Gasteiger partial charge in [0.25, 0.3) is 5.91 Å². The lowest BCUT2D eigenvalue weighted by Gasteiger charge is -2.35. The molecule has 6 rings (SSSR count). The minimum absolute atomic E-state index is 0.0549. The Kier molecular flexibility index (Phi) is 10.9. The first-order valence-electron chi connectivity index (χ1n) is 16.6. The van der Waals surface area contributed by atoms with Crippen LogP contribution in [0.2, 0.25) is 0 Å². The highest BCUT2D eigenvalue weighted by Gasteiger charge is 2.25. The molecule has 4 aromatic carbocycles. The maximum absolute atomic E-state index is 14.1. The molecule has 2 heterocycles. The first kappa shape index (κ1) is 32.0. The van der Waals surface area contributed by atoms with Crippen LogP contribution in [0.15, 0.2) is 128 Å². The van der Waals surface area contributed by atoms with Crippen LogP contribution in [0.3, 0.4) is 0 Å². The van der Waals surface area contributed by atoms with Gasteiger partial charge >= 0.3 is 0 Å². The van der Waals surface area contributed by atoms with Gasteiger partial charge in [0.2, 0.25) is 5.88 Å². The van der Waals surface area contributed by atoms with Crippen LogP contribution in [0.4, 0.5) is 0 Å². The van der Waals surface area contributed by atoms with E-state index in [4.69, 9.17) is 9.47 Å². The average Bonchev–Trinajstić information content (AvgIpc) is 3.13. The monoisotopic (exact) mass is 625 g/mol. The Morgan fingerprint density at radius 2 is 1.43 bits per heavy atom. The summed E-state index contributed by atoms with van der Waals surface area (Å²) in [6.07, 6.45) is 6.28. The van der Waals surface area contributed by atoms with Crippen LogP contribution in [-0.4, -0.2) is 54.0 Å². The first-order valence-corrected chi connectivity index (χ1v) is 16.6. The summed E-state index contributed by atoms with van der Waals surface area (Å²) < 4.78 is 11.2. The summed E-state index contributed by atoms with van der Waals surface area (Å²) in [5, 5.41) is 0. The molecule has 0 atom stereocenters. The van der Waals surface area contributed by atoms with Gasteiger partial charge in [-0.1, -0.05) is 72.8 Å². The zero-order valence-corrected chi connectivity index (χ0v) is 27.1. The molecule has 1 aromatic heterocycles. The lowest BCUT2D eigenvalue weighted by atomic mass is 9.95. The third kappa shape index (κ3) is 9.08. The Morgan fingerprint density at radius 1 is 0.766 bits per heavy atom. The SMILES string of the molecule is COc1ccc(-c2ccc(C(=O)N(Cc3ccc(Oc4ccccc4)cc3)CC3CCN(CCCc4ccccc4)CC3)cc2)cn1. The third-order valence-corrected chi connectivity index (χ3v) is 8.94. The van der Waals surface area contributed by atoms with Gasteiger partial charge in [-0.25, -0.2) is 4.98 Å². The molecule has 1 amide bonds. The minimum atomic E-state index is 0.0549. The zero-order chi connectivity index (χ0) is 32.3. The van der Waals surface area contributed by atoms with E-state index in [1.54, 1.807) is 13.3 Å². The van der Waals surface area contributed by atoms with Crippen LogP contribution in [-0.2, 0) is 13.0 Å². The molecule has 0 aliphatic carbocycles. The van der Waals surface area contributed by atoms with Gasteiger partial charge in [0.05, 0.1) is 7.11 Å². The van der Waals surface area contributed by atoms with E-state index in [9.17, 15) is 4.79 Å². The normalized spacial score (nSPS) is 13.6. The second-order valence-corrected chi connectivity index (χ2v) is 12.3. The highest BCUT2D eigenvalue weighted by Crippen LogP contribution is 2.26. The topological polar surface area (TPSA) is 54.9 Å². The summed E-state index contributed by atoms with van der Waals surface area (Å²) in [4.78, 5) is 23.0. The second-order valence-electron chi connectivity index (χ2n) is 12.3. The standard InChI is InChI=1S/C41H43N3O3/c1-46-40-23-20-37(29-42-40)35-16-18-36(19-17-35)41(45)44(30-33-14-21-39(22-15-33)47-38-12-6-3-7-13-38)31-34-24-27-43(28-25-34)26-8-11-32-9-4-2-5-10-32/h2-7,9-10,12-23,29,34H,8,11,24-28,30-31H2,1H3. The van der Waals surface area contributed by atoms with Crippen LogP contribution in [0, 0.1) is 5.92 Å². The summed E-state index contributed by atoms with van der Waals surface area (Å²) in [5.41, 5.74) is 5.17. The lowest BCUT2D eigenvalue weighted by molar-refractivity contribution is 0.0674. The predicted octanol–water partition coefficient (Wildman–Crippen LogP) is 8.54. The number of ether oxygens (including phenoxy) is 2. The first-order chi connectivity index (χ1) is 23.1. The molecule has 0 bridgehead atoms. The number of hydrogen-bond acceptors (Lipinski definition) is 5. The highest BCUT2D eigenvalue weighted by atomic mass is 16.5. The second kappa shape index (κ2) is 16.1. The fourth-order valence-corrected chi connectivity index (χ4v) is 6.24. The van der Waals surface area contributed by atoms with Crippen molar-refractivity contribution in [1.82, 2.24) is 14.8 Å². The van der Waals surface area contributed by atoms with Crippen LogP contribution < -0.4 is 9.47 Å². The number of likely N-dealkylation sites (tertiary alicyclic amines) is 1. The van der Waals surface area contributed by atoms with E-state index in [0.717, 1.165) is 73.6 Å². The number of para-hydroxylation sites is 1. The molecule has 0 N–H and O–H groups in total. The van der Waals surface area contributed by atoms with E-state index >= 15 is 0 Å². The Hall–Kier alpha value is -4.94. The molecule has 0 spiro atoms. The molecule has 0 saturated carbocycles. The number of carbonyl (C=O) groups is 1. The number of aromatic nitrogens is 1. The van der Waals surface area contributed by atoms with Crippen molar-refractivity contribution in [2.75, 3.05) is 33.3 Å². The summed E-state index contributed by atoms with van der Waals surface area (Å²) in [6, 6.07) is 40.3. The van der Waals surface area contributed by atoms with Crippen molar-refractivity contribution >= 4 is 5.91 Å². The van der Waals surface area contributed by atoms with Crippen LogP contribution in [0.5, 0.6) is 17.4 Å². The number of nitrogens with zero attached hydrogens (tertiary/aromatic N) is 3. The van der Waals surface area contributed by atoms with Crippen LogP contribution in [0.1, 0.15) is 40.7 Å². The Labute approximate surface area is 278 Å². The molecule has 0 radical (unpaired) electrons. The van der Waals surface area contributed by atoms with Crippen molar-refractivity contribution in [2.45, 2.75) is 32.2 Å². The lowest BCUT2D eigenvalue weighted by Crippen LogP contribution is -2.41. The largest absolute Gasteiger partial charge is 0.481 e. The number of piperidine rings is 1. The molecular weight excluding hydrogens is 582 g/mol. The Balaban J connectivity index is 1.11. The molecule has 1 saturated heterocycles. The van der Waals surface area contributed by atoms with E-state index < -0.39 is 0 Å². The van der Waals surface area contributed by atoms with E-state index in [2.05, 4.69) is 52.3 Å². The zero-order valence-electron chi connectivity index (χ0n) is 27.1. The maximum Gasteiger partial charge on any atom is 0.254 e. The van der Waals surface area contributed by atoms with Gasteiger partial charge in [-0.3, -0.25) is 4.79 Å². The molecule has 0 unspecified atom stereocenters. The molecule has 5 aromatic rings. The molecule has 240 valence electrons. The summed E-state index contributed by atoms with van der Waals surface area (Å²) >= 11 is 0. The molecule has 6 nitrogen and oxygen atoms in total. The van der Waals surface area contributed by atoms with Crippen molar-refractivity contribution in [1.29, 1.82) is 0 Å². The molecule has 6 heteroatoms. The Bertz CT molecular complexity index is 1670.